The van der Waals surface area contributed by atoms with Crippen molar-refractivity contribution < 1.29 is 0 Å². The number of rotatable bonds is 5. The topological polar surface area (TPSA) is 21.1 Å². The predicted octanol–water partition coefficient (Wildman–Crippen LogP) is 4.77. The van der Waals surface area contributed by atoms with E-state index in [1.807, 2.05) is 12.4 Å². The van der Waals surface area contributed by atoms with Crippen molar-refractivity contribution in [3.63, 3.8) is 0 Å². The lowest BCUT2D eigenvalue weighted by Crippen LogP contribution is -2.13. The molecule has 1 fully saturated rings. The van der Waals surface area contributed by atoms with Gasteiger partial charge in [0.2, 0.25) is 0 Å². The van der Waals surface area contributed by atoms with Crippen LogP contribution in [0, 0.1) is 0 Å². The number of imidazole rings is 1. The van der Waals surface area contributed by atoms with Crippen LogP contribution in [-0.4, -0.2) is 34.6 Å². The van der Waals surface area contributed by atoms with Crippen LogP contribution in [0.3, 0.4) is 0 Å². The molecule has 0 spiro atoms. The van der Waals surface area contributed by atoms with E-state index in [2.05, 4.69) is 83.2 Å². The molecule has 1 saturated heterocycles. The van der Waals surface area contributed by atoms with Crippen molar-refractivity contribution in [3.8, 4) is 11.3 Å². The molecule has 0 amide bonds. The van der Waals surface area contributed by atoms with Gasteiger partial charge in [-0.25, -0.2) is 4.98 Å². The highest BCUT2D eigenvalue weighted by molar-refractivity contribution is 5.57. The number of aromatic nitrogens is 2. The minimum Gasteiger partial charge on any atom is -0.334 e. The van der Waals surface area contributed by atoms with Crippen molar-refractivity contribution in [1.82, 2.24) is 14.5 Å². The van der Waals surface area contributed by atoms with Crippen LogP contribution in [0.5, 0.6) is 0 Å². The summed E-state index contributed by atoms with van der Waals surface area (Å²) in [6.07, 6.45) is 6.41. The maximum atomic E-state index is 4.58. The van der Waals surface area contributed by atoms with E-state index in [-0.39, 0.29) is 0 Å². The van der Waals surface area contributed by atoms with Gasteiger partial charge in [0.05, 0.1) is 12.0 Å². The van der Waals surface area contributed by atoms with Gasteiger partial charge in [0, 0.05) is 24.3 Å². The fourth-order valence-electron chi connectivity index (χ4n) is 3.92. The number of likely N-dealkylation sites (tertiary alicyclic amines) is 1. The first-order valence-electron chi connectivity index (χ1n) is 9.55. The molecule has 1 aliphatic heterocycles. The van der Waals surface area contributed by atoms with Crippen LogP contribution < -0.4 is 0 Å². The fourth-order valence-corrected chi connectivity index (χ4v) is 3.92. The molecule has 0 aliphatic carbocycles. The second-order valence-electron chi connectivity index (χ2n) is 7.61. The van der Waals surface area contributed by atoms with Crippen molar-refractivity contribution in [3.05, 3.63) is 78.2 Å². The lowest BCUT2D eigenvalue weighted by atomic mass is 9.96. The third-order valence-corrected chi connectivity index (χ3v) is 5.55. The molecule has 0 saturated carbocycles. The maximum absolute atomic E-state index is 4.58. The van der Waals surface area contributed by atoms with E-state index >= 15 is 0 Å². The molecule has 2 aromatic carbocycles. The Hall–Kier alpha value is -2.39. The van der Waals surface area contributed by atoms with Crippen molar-refractivity contribution >= 4 is 0 Å². The molecule has 3 nitrogen and oxygen atoms in total. The van der Waals surface area contributed by atoms with E-state index in [1.54, 1.807) is 0 Å². The second kappa shape index (κ2) is 7.46. The minimum absolute atomic E-state index is 0.392. The molecule has 0 radical (unpaired) electrons. The average molecular weight is 345 g/mol. The third kappa shape index (κ3) is 3.73. The molecule has 1 aliphatic rings. The molecule has 1 aromatic heterocycles. The summed E-state index contributed by atoms with van der Waals surface area (Å²) in [7, 11) is 2.21. The number of hydrogen-bond acceptors (Lipinski definition) is 2. The van der Waals surface area contributed by atoms with Crippen molar-refractivity contribution in [2.75, 3.05) is 20.1 Å². The first-order chi connectivity index (χ1) is 12.7. The molecule has 2 atom stereocenters. The van der Waals surface area contributed by atoms with Crippen LogP contribution in [-0.2, 0) is 6.42 Å². The summed E-state index contributed by atoms with van der Waals surface area (Å²) in [4.78, 5) is 7.00. The first kappa shape index (κ1) is 17.0. The zero-order chi connectivity index (χ0) is 17.9. The van der Waals surface area contributed by atoms with E-state index in [0.29, 0.717) is 12.0 Å². The molecular weight excluding hydrogens is 318 g/mol. The van der Waals surface area contributed by atoms with Crippen LogP contribution in [0.15, 0.2) is 67.1 Å². The van der Waals surface area contributed by atoms with E-state index in [4.69, 9.17) is 0 Å². The third-order valence-electron chi connectivity index (χ3n) is 5.55. The Morgan fingerprint density at radius 2 is 1.85 bits per heavy atom. The van der Waals surface area contributed by atoms with E-state index in [1.165, 1.54) is 36.2 Å². The van der Waals surface area contributed by atoms with Gasteiger partial charge < -0.3 is 9.47 Å². The van der Waals surface area contributed by atoms with E-state index in [0.717, 1.165) is 12.1 Å². The lowest BCUT2D eigenvalue weighted by Gasteiger charge is -2.15. The Balaban J connectivity index is 1.42. The largest absolute Gasteiger partial charge is 0.334 e. The number of benzene rings is 2. The predicted molar refractivity (Wildman–Crippen MR) is 107 cm³/mol. The first-order valence-corrected chi connectivity index (χ1v) is 9.55. The highest BCUT2D eigenvalue weighted by Gasteiger charge is 2.20. The van der Waals surface area contributed by atoms with Gasteiger partial charge in [-0.15, -0.1) is 0 Å². The Bertz CT molecular complexity index is 835. The SMILES string of the molecule is CC(Cc1ccc(C2CCN(C)C2)cc1)n1cnc(-c2ccccc2)c1. The number of likely N-dealkylation sites (N-methyl/N-ethyl adjacent to an activating group) is 1. The summed E-state index contributed by atoms with van der Waals surface area (Å²) in [6, 6.07) is 20.0. The van der Waals surface area contributed by atoms with Crippen LogP contribution in [0.1, 0.15) is 36.4 Å². The van der Waals surface area contributed by atoms with Gasteiger partial charge in [0.25, 0.3) is 0 Å². The van der Waals surface area contributed by atoms with Crippen molar-refractivity contribution in [2.45, 2.75) is 31.7 Å². The molecular formula is C23H27N3. The summed E-state index contributed by atoms with van der Waals surface area (Å²) < 4.78 is 2.22. The van der Waals surface area contributed by atoms with Gasteiger partial charge in [0.1, 0.15) is 0 Å². The minimum atomic E-state index is 0.392. The molecule has 3 heteroatoms. The molecule has 0 bridgehead atoms. The molecule has 26 heavy (non-hydrogen) atoms. The summed E-state index contributed by atoms with van der Waals surface area (Å²) in [5.41, 5.74) is 5.09. The Labute approximate surface area is 156 Å². The number of hydrogen-bond donors (Lipinski definition) is 0. The van der Waals surface area contributed by atoms with Gasteiger partial charge in [0.15, 0.2) is 0 Å². The molecule has 3 aromatic rings. The van der Waals surface area contributed by atoms with Gasteiger partial charge in [-0.1, -0.05) is 54.6 Å². The van der Waals surface area contributed by atoms with Crippen LogP contribution in [0.25, 0.3) is 11.3 Å². The monoisotopic (exact) mass is 345 g/mol. The quantitative estimate of drug-likeness (QED) is 0.664. The lowest BCUT2D eigenvalue weighted by molar-refractivity contribution is 0.411. The van der Waals surface area contributed by atoms with Gasteiger partial charge in [-0.3, -0.25) is 0 Å². The zero-order valence-corrected chi connectivity index (χ0v) is 15.7. The Morgan fingerprint density at radius 3 is 2.54 bits per heavy atom. The maximum Gasteiger partial charge on any atom is 0.0956 e. The highest BCUT2D eigenvalue weighted by atomic mass is 15.1. The average Bonchev–Trinajstić information content (AvgIpc) is 3.32. The van der Waals surface area contributed by atoms with Gasteiger partial charge in [-0.2, -0.15) is 0 Å². The standard InChI is InChI=1S/C23H27N3/c1-18(26-16-23(24-17-26)21-6-4-3-5-7-21)14-19-8-10-20(11-9-19)22-12-13-25(2)15-22/h3-11,16-18,22H,12-15H2,1-2H3. The molecule has 0 N–H and O–H groups in total. The smallest absolute Gasteiger partial charge is 0.0956 e. The number of nitrogens with zero attached hydrogens (tertiary/aromatic N) is 3. The Morgan fingerprint density at radius 1 is 1.08 bits per heavy atom. The molecule has 4 rings (SSSR count). The van der Waals surface area contributed by atoms with E-state index in [9.17, 15) is 0 Å². The fraction of sp³-hybridized carbons (Fsp3) is 0.348. The summed E-state index contributed by atoms with van der Waals surface area (Å²) in [6.45, 7) is 4.66. The highest BCUT2D eigenvalue weighted by Crippen LogP contribution is 2.27. The second-order valence-corrected chi connectivity index (χ2v) is 7.61. The summed E-state index contributed by atoms with van der Waals surface area (Å²) in [5.74, 6) is 0.702. The molecule has 134 valence electrons. The van der Waals surface area contributed by atoms with E-state index < -0.39 is 0 Å². The van der Waals surface area contributed by atoms with Crippen molar-refractivity contribution in [1.29, 1.82) is 0 Å². The van der Waals surface area contributed by atoms with Gasteiger partial charge >= 0.3 is 0 Å². The molecule has 2 unspecified atom stereocenters. The zero-order valence-electron chi connectivity index (χ0n) is 15.7. The molecule has 2 heterocycles. The summed E-state index contributed by atoms with van der Waals surface area (Å²) >= 11 is 0. The summed E-state index contributed by atoms with van der Waals surface area (Å²) in [5, 5.41) is 0. The van der Waals surface area contributed by atoms with Gasteiger partial charge in [-0.05, 0) is 50.4 Å². The van der Waals surface area contributed by atoms with Crippen LogP contribution >= 0.6 is 0 Å². The van der Waals surface area contributed by atoms with Crippen LogP contribution in [0.4, 0.5) is 0 Å². The van der Waals surface area contributed by atoms with Crippen molar-refractivity contribution in [2.24, 2.45) is 0 Å². The Kier molecular flexibility index (Phi) is 4.89. The van der Waals surface area contributed by atoms with Crippen LogP contribution in [0.2, 0.25) is 0 Å². The normalized spacial score (nSPS) is 18.9.